The van der Waals surface area contributed by atoms with Crippen molar-refractivity contribution in [1.29, 1.82) is 0 Å². The third kappa shape index (κ3) is 4.64. The fraction of sp³-hybridized carbons (Fsp3) is 0.217. The van der Waals surface area contributed by atoms with E-state index in [4.69, 9.17) is 9.47 Å². The number of benzene rings is 3. The molecule has 0 unspecified atom stereocenters. The summed E-state index contributed by atoms with van der Waals surface area (Å²) in [5.41, 5.74) is 3.92. The first kappa shape index (κ1) is 18.0. The Hall–Kier alpha value is -2.78. The smallest absolute Gasteiger partial charge is 0.161 e. The molecule has 3 rings (SSSR count). The largest absolute Gasteiger partial charge is 0.493 e. The molecule has 134 valence electrons. The monoisotopic (exact) mass is 348 g/mol. The van der Waals surface area contributed by atoms with Crippen LogP contribution in [0.15, 0.2) is 78.9 Å². The van der Waals surface area contributed by atoms with Crippen molar-refractivity contribution in [2.45, 2.75) is 19.0 Å². The molecular formula is C23H26NO2+. The van der Waals surface area contributed by atoms with Crippen LogP contribution in [0.25, 0.3) is 0 Å². The van der Waals surface area contributed by atoms with Crippen LogP contribution in [0.2, 0.25) is 0 Å². The Bertz CT molecular complexity index is 803. The second-order valence-electron chi connectivity index (χ2n) is 6.34. The zero-order chi connectivity index (χ0) is 18.2. The summed E-state index contributed by atoms with van der Waals surface area (Å²) in [6.45, 7) is 0.882. The number of hydrogen-bond acceptors (Lipinski definition) is 2. The summed E-state index contributed by atoms with van der Waals surface area (Å²) < 4.78 is 10.8. The van der Waals surface area contributed by atoms with Crippen LogP contribution < -0.4 is 14.8 Å². The maximum Gasteiger partial charge on any atom is 0.161 e. The van der Waals surface area contributed by atoms with Gasteiger partial charge in [-0.3, -0.25) is 0 Å². The zero-order valence-corrected chi connectivity index (χ0v) is 15.4. The van der Waals surface area contributed by atoms with Crippen LogP contribution in [0.3, 0.4) is 0 Å². The standard InChI is InChI=1S/C23H25NO2/c1-25-22-14-13-19(16-23(22)26-2)17-24-21(20-11-7-4-8-12-20)15-18-9-5-3-6-10-18/h3-14,16,21,24H,15,17H2,1-2H3/p+1/t21-/m1/s1. The highest BCUT2D eigenvalue weighted by Crippen LogP contribution is 2.27. The molecule has 0 aliphatic heterocycles. The van der Waals surface area contributed by atoms with Crippen molar-refractivity contribution >= 4 is 0 Å². The molecule has 3 aromatic carbocycles. The molecule has 2 N–H and O–H groups in total. The summed E-state index contributed by atoms with van der Waals surface area (Å²) in [7, 11) is 3.34. The third-order valence-corrected chi connectivity index (χ3v) is 4.61. The molecular weight excluding hydrogens is 322 g/mol. The molecule has 0 aliphatic carbocycles. The van der Waals surface area contributed by atoms with Crippen molar-refractivity contribution in [3.8, 4) is 11.5 Å². The Morgan fingerprint density at radius 2 is 1.38 bits per heavy atom. The Morgan fingerprint density at radius 1 is 0.731 bits per heavy atom. The zero-order valence-electron chi connectivity index (χ0n) is 15.4. The highest BCUT2D eigenvalue weighted by atomic mass is 16.5. The molecule has 0 aromatic heterocycles. The number of methoxy groups -OCH3 is 2. The van der Waals surface area contributed by atoms with Crippen molar-refractivity contribution in [3.63, 3.8) is 0 Å². The van der Waals surface area contributed by atoms with Crippen LogP contribution in [-0.2, 0) is 13.0 Å². The number of rotatable bonds is 8. The molecule has 0 saturated carbocycles. The quantitative estimate of drug-likeness (QED) is 0.673. The van der Waals surface area contributed by atoms with Gasteiger partial charge < -0.3 is 14.8 Å². The lowest BCUT2D eigenvalue weighted by Crippen LogP contribution is -2.84. The third-order valence-electron chi connectivity index (χ3n) is 4.61. The van der Waals surface area contributed by atoms with E-state index in [1.165, 1.54) is 16.7 Å². The van der Waals surface area contributed by atoms with E-state index in [9.17, 15) is 0 Å². The van der Waals surface area contributed by atoms with Crippen LogP contribution in [-0.4, -0.2) is 14.2 Å². The van der Waals surface area contributed by atoms with Gasteiger partial charge in [0.1, 0.15) is 12.6 Å². The van der Waals surface area contributed by atoms with Gasteiger partial charge in [-0.1, -0.05) is 60.7 Å². The molecule has 3 heteroatoms. The second kappa shape index (κ2) is 9.07. The summed E-state index contributed by atoms with van der Waals surface area (Å²) in [5, 5.41) is 2.39. The van der Waals surface area contributed by atoms with Gasteiger partial charge in [-0.2, -0.15) is 0 Å². The predicted octanol–water partition coefficient (Wildman–Crippen LogP) is 3.75. The lowest BCUT2D eigenvalue weighted by molar-refractivity contribution is -0.711. The number of quaternary nitrogens is 1. The number of nitrogens with two attached hydrogens (primary N) is 1. The van der Waals surface area contributed by atoms with Crippen LogP contribution in [0.5, 0.6) is 11.5 Å². The van der Waals surface area contributed by atoms with Crippen LogP contribution in [0.4, 0.5) is 0 Å². The molecule has 0 amide bonds. The number of hydrogen-bond donors (Lipinski definition) is 1. The van der Waals surface area contributed by atoms with Gasteiger partial charge in [-0.15, -0.1) is 0 Å². The summed E-state index contributed by atoms with van der Waals surface area (Å²) in [6.07, 6.45) is 0.998. The minimum absolute atomic E-state index is 0.367. The van der Waals surface area contributed by atoms with Gasteiger partial charge in [-0.25, -0.2) is 0 Å². The van der Waals surface area contributed by atoms with Gasteiger partial charge >= 0.3 is 0 Å². The van der Waals surface area contributed by atoms with Crippen molar-refractivity contribution in [3.05, 3.63) is 95.6 Å². The van der Waals surface area contributed by atoms with Crippen molar-refractivity contribution in [2.75, 3.05) is 14.2 Å². The van der Waals surface area contributed by atoms with Crippen molar-refractivity contribution in [2.24, 2.45) is 0 Å². The molecule has 3 aromatic rings. The first-order valence-electron chi connectivity index (χ1n) is 8.93. The first-order valence-corrected chi connectivity index (χ1v) is 8.93. The van der Waals surface area contributed by atoms with Crippen molar-refractivity contribution in [1.82, 2.24) is 0 Å². The molecule has 26 heavy (non-hydrogen) atoms. The van der Waals surface area contributed by atoms with Crippen molar-refractivity contribution < 1.29 is 14.8 Å². The Labute approximate surface area is 155 Å². The van der Waals surface area contributed by atoms with Gasteiger partial charge in [0.15, 0.2) is 11.5 Å². The Balaban J connectivity index is 1.76. The molecule has 0 fully saturated rings. The lowest BCUT2D eigenvalue weighted by Gasteiger charge is -2.17. The molecule has 1 atom stereocenters. The summed E-state index contributed by atoms with van der Waals surface area (Å²) in [5.74, 6) is 1.54. The Morgan fingerprint density at radius 3 is 2.04 bits per heavy atom. The highest BCUT2D eigenvalue weighted by Gasteiger charge is 2.16. The average molecular weight is 348 g/mol. The van der Waals surface area contributed by atoms with Crippen LogP contribution in [0.1, 0.15) is 22.7 Å². The molecule has 0 saturated heterocycles. The first-order chi connectivity index (χ1) is 12.8. The SMILES string of the molecule is COc1ccc(C[NH2+][C@H](Cc2ccccc2)c2ccccc2)cc1OC. The lowest BCUT2D eigenvalue weighted by atomic mass is 9.98. The van der Waals surface area contributed by atoms with E-state index in [-0.39, 0.29) is 0 Å². The summed E-state index contributed by atoms with van der Waals surface area (Å²) >= 11 is 0. The maximum atomic E-state index is 5.43. The normalized spacial score (nSPS) is 11.8. The predicted molar refractivity (Wildman–Crippen MR) is 105 cm³/mol. The topological polar surface area (TPSA) is 35.1 Å². The molecule has 0 radical (unpaired) electrons. The highest BCUT2D eigenvalue weighted by molar-refractivity contribution is 5.42. The number of ether oxygens (including phenoxy) is 2. The Kier molecular flexibility index (Phi) is 6.29. The van der Waals surface area contributed by atoms with Crippen LogP contribution in [0, 0.1) is 0 Å². The van der Waals surface area contributed by atoms with E-state index >= 15 is 0 Å². The second-order valence-corrected chi connectivity index (χ2v) is 6.34. The van der Waals surface area contributed by atoms with Crippen LogP contribution >= 0.6 is 0 Å². The van der Waals surface area contributed by atoms with Gasteiger partial charge in [0.05, 0.1) is 14.2 Å². The van der Waals surface area contributed by atoms with Gasteiger partial charge in [0.25, 0.3) is 0 Å². The van der Waals surface area contributed by atoms with E-state index in [0.29, 0.717) is 6.04 Å². The van der Waals surface area contributed by atoms with E-state index < -0.39 is 0 Å². The minimum Gasteiger partial charge on any atom is -0.493 e. The summed E-state index contributed by atoms with van der Waals surface area (Å²) in [4.78, 5) is 0. The van der Waals surface area contributed by atoms with E-state index in [1.54, 1.807) is 14.2 Å². The van der Waals surface area contributed by atoms with Gasteiger partial charge in [0.2, 0.25) is 0 Å². The van der Waals surface area contributed by atoms with Gasteiger partial charge in [0, 0.05) is 17.5 Å². The molecule has 3 nitrogen and oxygen atoms in total. The fourth-order valence-corrected chi connectivity index (χ4v) is 3.19. The fourth-order valence-electron chi connectivity index (χ4n) is 3.19. The van der Waals surface area contributed by atoms with Gasteiger partial charge in [-0.05, 0) is 23.8 Å². The molecule has 0 bridgehead atoms. The van der Waals surface area contributed by atoms with E-state index in [1.807, 2.05) is 6.07 Å². The molecule has 0 heterocycles. The molecule has 0 spiro atoms. The summed E-state index contributed by atoms with van der Waals surface area (Å²) in [6, 6.07) is 27.8. The molecule has 0 aliphatic rings. The average Bonchev–Trinajstić information content (AvgIpc) is 2.72. The maximum absolute atomic E-state index is 5.43. The van der Waals surface area contributed by atoms with E-state index in [2.05, 4.69) is 78.1 Å². The van der Waals surface area contributed by atoms with E-state index in [0.717, 1.165) is 24.5 Å². The minimum atomic E-state index is 0.367.